The van der Waals surface area contributed by atoms with Gasteiger partial charge in [-0.15, -0.1) is 0 Å². The number of rotatable bonds is 7. The van der Waals surface area contributed by atoms with Crippen molar-refractivity contribution >= 4 is 29.1 Å². The molecule has 2 aromatic rings. The molecule has 1 atom stereocenters. The Bertz CT molecular complexity index is 686. The number of benzene rings is 2. The first-order valence-corrected chi connectivity index (χ1v) is 8.84. The maximum absolute atomic E-state index is 11.9. The number of nitrogens with one attached hydrogen (secondary N) is 1. The van der Waals surface area contributed by atoms with E-state index in [1.807, 2.05) is 36.4 Å². The molecule has 24 heavy (non-hydrogen) atoms. The van der Waals surface area contributed by atoms with E-state index in [0.717, 1.165) is 36.0 Å². The molecule has 3 N–H and O–H groups in total. The zero-order chi connectivity index (χ0) is 17.5. The van der Waals surface area contributed by atoms with E-state index in [0.29, 0.717) is 16.6 Å². The predicted octanol–water partition coefficient (Wildman–Crippen LogP) is 4.79. The lowest BCUT2D eigenvalue weighted by Crippen LogP contribution is -2.40. The second-order valence-corrected chi connectivity index (χ2v) is 6.61. The summed E-state index contributed by atoms with van der Waals surface area (Å²) in [5, 5.41) is 3.96. The summed E-state index contributed by atoms with van der Waals surface area (Å²) in [5.41, 5.74) is 8.93. The van der Waals surface area contributed by atoms with Gasteiger partial charge in [-0.25, -0.2) is 0 Å². The molecule has 0 aromatic heterocycles. The molecule has 0 saturated heterocycles. The topological polar surface area (TPSA) is 55.1 Å². The van der Waals surface area contributed by atoms with E-state index >= 15 is 0 Å². The predicted molar refractivity (Wildman–Crippen MR) is 101 cm³/mol. The number of halogens is 2. The Labute approximate surface area is 153 Å². The average molecular weight is 365 g/mol. The number of nitrogens with two attached hydrogens (primary N) is 1. The molecular formula is C19H22Cl2N2O. The van der Waals surface area contributed by atoms with Crippen LogP contribution in [0.1, 0.15) is 31.7 Å². The Morgan fingerprint density at radius 1 is 1.08 bits per heavy atom. The Kier molecular flexibility index (Phi) is 7.10. The largest absolute Gasteiger partial charge is 0.351 e. The van der Waals surface area contributed by atoms with Crippen molar-refractivity contribution in [1.29, 1.82) is 0 Å². The fourth-order valence-electron chi connectivity index (χ4n) is 2.37. The molecule has 0 radical (unpaired) electrons. The molecule has 2 rings (SSSR count). The van der Waals surface area contributed by atoms with Gasteiger partial charge >= 0.3 is 0 Å². The van der Waals surface area contributed by atoms with Crippen molar-refractivity contribution in [3.05, 3.63) is 58.1 Å². The van der Waals surface area contributed by atoms with Crippen molar-refractivity contribution in [3.63, 3.8) is 0 Å². The molecule has 1 unspecified atom stereocenters. The minimum Gasteiger partial charge on any atom is -0.351 e. The smallest absolute Gasteiger partial charge is 0.237 e. The summed E-state index contributed by atoms with van der Waals surface area (Å²) in [6, 6.07) is 13.1. The SMILES string of the molecule is CCCCC(N)C(=O)NCc1ccc(-c2ccc(Cl)c(Cl)c2)cc1. The fourth-order valence-corrected chi connectivity index (χ4v) is 2.66. The van der Waals surface area contributed by atoms with Crippen molar-refractivity contribution in [2.45, 2.75) is 38.8 Å². The van der Waals surface area contributed by atoms with Crippen LogP contribution in [-0.2, 0) is 11.3 Å². The summed E-state index contributed by atoms with van der Waals surface area (Å²) in [5.74, 6) is -0.1000. The van der Waals surface area contributed by atoms with Gasteiger partial charge in [0.2, 0.25) is 5.91 Å². The first-order valence-electron chi connectivity index (χ1n) is 8.09. The van der Waals surface area contributed by atoms with E-state index in [-0.39, 0.29) is 5.91 Å². The molecule has 2 aromatic carbocycles. The van der Waals surface area contributed by atoms with Gasteiger partial charge in [-0.1, -0.05) is 73.3 Å². The molecular weight excluding hydrogens is 343 g/mol. The van der Waals surface area contributed by atoms with Crippen molar-refractivity contribution in [2.75, 3.05) is 0 Å². The van der Waals surface area contributed by atoms with Crippen LogP contribution in [0.15, 0.2) is 42.5 Å². The second kappa shape index (κ2) is 9.07. The number of carbonyl (C=O) groups is 1. The zero-order valence-electron chi connectivity index (χ0n) is 13.7. The minimum absolute atomic E-state index is 0.1000. The summed E-state index contributed by atoms with van der Waals surface area (Å²) in [4.78, 5) is 11.9. The average Bonchev–Trinajstić information content (AvgIpc) is 2.60. The van der Waals surface area contributed by atoms with Crippen LogP contribution in [-0.4, -0.2) is 11.9 Å². The van der Waals surface area contributed by atoms with Gasteiger partial charge in [0.25, 0.3) is 0 Å². The molecule has 0 heterocycles. The Morgan fingerprint density at radius 3 is 2.38 bits per heavy atom. The summed E-state index contributed by atoms with van der Waals surface area (Å²) in [7, 11) is 0. The van der Waals surface area contributed by atoms with Gasteiger partial charge in [0.05, 0.1) is 16.1 Å². The monoisotopic (exact) mass is 364 g/mol. The van der Waals surface area contributed by atoms with Crippen LogP contribution in [0, 0.1) is 0 Å². The molecule has 5 heteroatoms. The van der Waals surface area contributed by atoms with Gasteiger partial charge in [-0.2, -0.15) is 0 Å². The van der Waals surface area contributed by atoms with E-state index < -0.39 is 6.04 Å². The molecule has 0 aliphatic rings. The van der Waals surface area contributed by atoms with Crippen LogP contribution >= 0.6 is 23.2 Å². The van der Waals surface area contributed by atoms with Crippen LogP contribution in [0.2, 0.25) is 10.0 Å². The van der Waals surface area contributed by atoms with Crippen LogP contribution in [0.5, 0.6) is 0 Å². The summed E-state index contributed by atoms with van der Waals surface area (Å²) >= 11 is 12.0. The van der Waals surface area contributed by atoms with Crippen molar-refractivity contribution in [3.8, 4) is 11.1 Å². The fraction of sp³-hybridized carbons (Fsp3) is 0.316. The molecule has 0 aliphatic heterocycles. The van der Waals surface area contributed by atoms with Gasteiger partial charge in [0, 0.05) is 6.54 Å². The lowest BCUT2D eigenvalue weighted by atomic mass is 10.0. The van der Waals surface area contributed by atoms with Crippen LogP contribution < -0.4 is 11.1 Å². The molecule has 0 spiro atoms. The highest BCUT2D eigenvalue weighted by molar-refractivity contribution is 6.42. The van der Waals surface area contributed by atoms with Gasteiger partial charge in [-0.3, -0.25) is 4.79 Å². The van der Waals surface area contributed by atoms with Gasteiger partial charge in [0.1, 0.15) is 0 Å². The Hall–Kier alpha value is -1.55. The first kappa shape index (κ1) is 18.8. The summed E-state index contributed by atoms with van der Waals surface area (Å²) < 4.78 is 0. The molecule has 0 saturated carbocycles. The highest BCUT2D eigenvalue weighted by atomic mass is 35.5. The maximum Gasteiger partial charge on any atom is 0.237 e. The highest BCUT2D eigenvalue weighted by Crippen LogP contribution is 2.28. The second-order valence-electron chi connectivity index (χ2n) is 5.79. The van der Waals surface area contributed by atoms with E-state index in [4.69, 9.17) is 28.9 Å². The van der Waals surface area contributed by atoms with Gasteiger partial charge < -0.3 is 11.1 Å². The maximum atomic E-state index is 11.9. The van der Waals surface area contributed by atoms with Crippen molar-refractivity contribution in [2.24, 2.45) is 5.73 Å². The van der Waals surface area contributed by atoms with Gasteiger partial charge in [-0.05, 0) is 35.2 Å². The van der Waals surface area contributed by atoms with Crippen molar-refractivity contribution < 1.29 is 4.79 Å². The van der Waals surface area contributed by atoms with Crippen LogP contribution in [0.3, 0.4) is 0 Å². The van der Waals surface area contributed by atoms with Crippen LogP contribution in [0.25, 0.3) is 11.1 Å². The van der Waals surface area contributed by atoms with Gasteiger partial charge in [0.15, 0.2) is 0 Å². The molecule has 128 valence electrons. The third kappa shape index (κ3) is 5.23. The number of hydrogen-bond acceptors (Lipinski definition) is 2. The standard InChI is InChI=1S/C19H22Cl2N2O/c1-2-3-4-18(22)19(24)23-12-13-5-7-14(8-6-13)15-9-10-16(20)17(21)11-15/h5-11,18H,2-4,12,22H2,1H3,(H,23,24). The Balaban J connectivity index is 1.94. The van der Waals surface area contributed by atoms with Crippen LogP contribution in [0.4, 0.5) is 0 Å². The third-order valence-corrected chi connectivity index (χ3v) is 4.62. The first-order chi connectivity index (χ1) is 11.5. The number of hydrogen-bond donors (Lipinski definition) is 2. The quantitative estimate of drug-likeness (QED) is 0.741. The summed E-state index contributed by atoms with van der Waals surface area (Å²) in [6.07, 6.45) is 2.72. The molecule has 0 bridgehead atoms. The molecule has 3 nitrogen and oxygen atoms in total. The van der Waals surface area contributed by atoms with E-state index in [1.54, 1.807) is 6.07 Å². The number of unbranched alkanes of at least 4 members (excludes halogenated alkanes) is 1. The third-order valence-electron chi connectivity index (χ3n) is 3.88. The van der Waals surface area contributed by atoms with E-state index in [1.165, 1.54) is 0 Å². The molecule has 0 aliphatic carbocycles. The highest BCUT2D eigenvalue weighted by Gasteiger charge is 2.12. The van der Waals surface area contributed by atoms with E-state index in [2.05, 4.69) is 12.2 Å². The number of carbonyl (C=O) groups excluding carboxylic acids is 1. The van der Waals surface area contributed by atoms with E-state index in [9.17, 15) is 4.79 Å². The number of amides is 1. The van der Waals surface area contributed by atoms with Crippen molar-refractivity contribution in [1.82, 2.24) is 5.32 Å². The lowest BCUT2D eigenvalue weighted by Gasteiger charge is -2.12. The Morgan fingerprint density at radius 2 is 1.75 bits per heavy atom. The zero-order valence-corrected chi connectivity index (χ0v) is 15.2. The minimum atomic E-state index is -0.430. The lowest BCUT2D eigenvalue weighted by molar-refractivity contribution is -0.122. The molecule has 1 amide bonds. The molecule has 0 fully saturated rings. The summed E-state index contributed by atoms with van der Waals surface area (Å²) in [6.45, 7) is 2.56. The normalized spacial score (nSPS) is 12.0.